The first-order valence-electron chi connectivity index (χ1n) is 8.97. The maximum absolute atomic E-state index is 12.2. The van der Waals surface area contributed by atoms with Crippen LogP contribution in [0.1, 0.15) is 26.6 Å². The number of benzene rings is 1. The average molecular weight is 422 g/mol. The summed E-state index contributed by atoms with van der Waals surface area (Å²) in [5, 5.41) is 9.45. The quantitative estimate of drug-likeness (QED) is 0.484. The Kier molecular flexibility index (Phi) is 7.14. The topological polar surface area (TPSA) is 63.9 Å². The van der Waals surface area contributed by atoms with Gasteiger partial charge < -0.3 is 9.47 Å². The summed E-state index contributed by atoms with van der Waals surface area (Å²) in [6, 6.07) is 8.16. The predicted octanol–water partition coefficient (Wildman–Crippen LogP) is 4.16. The van der Waals surface area contributed by atoms with Crippen LogP contribution in [-0.4, -0.2) is 49.4 Å². The molecule has 1 aromatic carbocycles. The third-order valence-electron chi connectivity index (χ3n) is 4.15. The number of hydrogen-bond acceptors (Lipinski definition) is 7. The van der Waals surface area contributed by atoms with Crippen LogP contribution in [0, 0.1) is 0 Å². The molecule has 2 heterocycles. The second-order valence-electron chi connectivity index (χ2n) is 5.73. The Labute approximate surface area is 171 Å². The Morgan fingerprint density at radius 3 is 2.63 bits per heavy atom. The van der Waals surface area contributed by atoms with Crippen LogP contribution in [0.2, 0.25) is 0 Å². The number of rotatable bonds is 9. The molecule has 0 aliphatic carbocycles. The minimum Gasteiger partial charge on any atom is -0.343 e. The van der Waals surface area contributed by atoms with Crippen molar-refractivity contribution in [3.63, 3.8) is 0 Å². The zero-order valence-electron chi connectivity index (χ0n) is 15.7. The van der Waals surface area contributed by atoms with Crippen molar-refractivity contribution in [2.45, 2.75) is 42.6 Å². The Morgan fingerprint density at radius 1 is 1.15 bits per heavy atom. The van der Waals surface area contributed by atoms with E-state index in [1.807, 2.05) is 36.9 Å². The first kappa shape index (κ1) is 20.2. The lowest BCUT2D eigenvalue weighted by atomic mass is 10.3. The summed E-state index contributed by atoms with van der Waals surface area (Å²) < 4.78 is 4.32. The van der Waals surface area contributed by atoms with Gasteiger partial charge >= 0.3 is 0 Å². The Morgan fingerprint density at radius 2 is 1.93 bits per heavy atom. The summed E-state index contributed by atoms with van der Waals surface area (Å²) in [6.45, 7) is 8.33. The molecule has 27 heavy (non-hydrogen) atoms. The van der Waals surface area contributed by atoms with Gasteiger partial charge in [0.2, 0.25) is 5.91 Å². The minimum atomic E-state index is 0.140. The van der Waals surface area contributed by atoms with E-state index in [4.69, 9.17) is 0 Å². The number of fused-ring (bicyclic) bond motifs is 1. The summed E-state index contributed by atoms with van der Waals surface area (Å²) in [6.07, 6.45) is 0. The number of thiazole rings is 1. The van der Waals surface area contributed by atoms with Gasteiger partial charge in [-0.1, -0.05) is 35.7 Å². The van der Waals surface area contributed by atoms with Gasteiger partial charge in [-0.3, -0.25) is 4.79 Å². The zero-order chi connectivity index (χ0) is 19.2. The fraction of sp³-hybridized carbons (Fsp3) is 0.444. The maximum atomic E-state index is 12.2. The van der Waals surface area contributed by atoms with E-state index in [1.165, 1.54) is 16.5 Å². The lowest BCUT2D eigenvalue weighted by Gasteiger charge is -2.18. The number of thioether (sulfide) groups is 2. The highest BCUT2D eigenvalue weighted by molar-refractivity contribution is 8.00. The predicted molar refractivity (Wildman–Crippen MR) is 114 cm³/mol. The van der Waals surface area contributed by atoms with E-state index >= 15 is 0 Å². The second-order valence-corrected chi connectivity index (χ2v) is 8.93. The highest BCUT2D eigenvalue weighted by atomic mass is 32.2. The van der Waals surface area contributed by atoms with Gasteiger partial charge in [-0.25, -0.2) is 4.98 Å². The molecule has 0 aliphatic heterocycles. The highest BCUT2D eigenvalue weighted by Crippen LogP contribution is 2.31. The summed E-state index contributed by atoms with van der Waals surface area (Å²) in [4.78, 5) is 18.7. The van der Waals surface area contributed by atoms with Gasteiger partial charge in [-0.15, -0.1) is 21.5 Å². The molecule has 0 spiro atoms. The Balaban J connectivity index is 1.63. The Bertz CT molecular complexity index is 870. The molecule has 1 amide bonds. The maximum Gasteiger partial charge on any atom is 0.233 e. The number of nitrogens with zero attached hydrogens (tertiary/aromatic N) is 5. The molecule has 0 bridgehead atoms. The minimum absolute atomic E-state index is 0.140. The smallest absolute Gasteiger partial charge is 0.233 e. The lowest BCUT2D eigenvalue weighted by molar-refractivity contribution is -0.127. The van der Waals surface area contributed by atoms with Crippen molar-refractivity contribution in [1.82, 2.24) is 24.6 Å². The van der Waals surface area contributed by atoms with E-state index in [9.17, 15) is 4.79 Å². The number of carbonyl (C=O) groups is 1. The van der Waals surface area contributed by atoms with Crippen LogP contribution >= 0.6 is 34.9 Å². The van der Waals surface area contributed by atoms with Crippen molar-refractivity contribution in [2.75, 3.05) is 18.8 Å². The molecular formula is C18H23N5OS3. The fourth-order valence-electron chi connectivity index (χ4n) is 2.68. The number of para-hydroxylation sites is 1. The first-order valence-corrected chi connectivity index (χ1v) is 11.8. The van der Waals surface area contributed by atoms with E-state index in [0.29, 0.717) is 11.5 Å². The van der Waals surface area contributed by atoms with Crippen molar-refractivity contribution in [2.24, 2.45) is 0 Å². The highest BCUT2D eigenvalue weighted by Gasteiger charge is 2.16. The summed E-state index contributed by atoms with van der Waals surface area (Å²) >= 11 is 4.84. The van der Waals surface area contributed by atoms with Crippen molar-refractivity contribution >= 4 is 51.0 Å². The molecule has 3 rings (SSSR count). The lowest BCUT2D eigenvalue weighted by Crippen LogP contribution is -2.31. The van der Waals surface area contributed by atoms with Gasteiger partial charge in [0.1, 0.15) is 5.82 Å². The molecule has 0 radical (unpaired) electrons. The van der Waals surface area contributed by atoms with Gasteiger partial charge in [0.25, 0.3) is 0 Å². The van der Waals surface area contributed by atoms with Crippen LogP contribution in [0.4, 0.5) is 0 Å². The van der Waals surface area contributed by atoms with E-state index < -0.39 is 0 Å². The molecule has 9 heteroatoms. The van der Waals surface area contributed by atoms with E-state index in [0.717, 1.165) is 40.5 Å². The molecule has 144 valence electrons. The van der Waals surface area contributed by atoms with Crippen LogP contribution in [0.15, 0.2) is 33.8 Å². The van der Waals surface area contributed by atoms with Crippen LogP contribution in [0.25, 0.3) is 10.2 Å². The number of hydrogen-bond donors (Lipinski definition) is 0. The van der Waals surface area contributed by atoms with Crippen molar-refractivity contribution in [3.05, 3.63) is 30.1 Å². The van der Waals surface area contributed by atoms with Crippen molar-refractivity contribution < 1.29 is 4.79 Å². The van der Waals surface area contributed by atoms with Crippen LogP contribution in [0.5, 0.6) is 0 Å². The molecule has 0 atom stereocenters. The largest absolute Gasteiger partial charge is 0.343 e. The molecule has 0 N–H and O–H groups in total. The molecule has 0 saturated carbocycles. The summed E-state index contributed by atoms with van der Waals surface area (Å²) in [7, 11) is 0. The van der Waals surface area contributed by atoms with Crippen molar-refractivity contribution in [3.8, 4) is 0 Å². The number of carbonyl (C=O) groups excluding carboxylic acids is 1. The van der Waals surface area contributed by atoms with E-state index in [1.54, 1.807) is 23.1 Å². The third kappa shape index (κ3) is 4.83. The molecule has 6 nitrogen and oxygen atoms in total. The summed E-state index contributed by atoms with van der Waals surface area (Å²) in [5.74, 6) is 2.16. The SMILES string of the molecule is CCN(CC)C(=O)CSc1nnc(CSc2nc3ccccc3s2)n1CC. The van der Waals surface area contributed by atoms with Gasteiger partial charge in [-0.05, 0) is 32.9 Å². The molecular weight excluding hydrogens is 398 g/mol. The molecule has 0 saturated heterocycles. The first-order chi connectivity index (χ1) is 13.2. The third-order valence-corrected chi connectivity index (χ3v) is 7.28. The molecule has 0 fully saturated rings. The zero-order valence-corrected chi connectivity index (χ0v) is 18.2. The fourth-order valence-corrected chi connectivity index (χ4v) is 5.62. The standard InChI is InChI=1S/C18H23N5OS3/c1-4-22(5-2)16(24)12-25-17-21-20-15(23(17)6-3)11-26-18-19-13-9-7-8-10-14(13)27-18/h7-10H,4-6,11-12H2,1-3H3. The second kappa shape index (κ2) is 9.57. The van der Waals surface area contributed by atoms with Crippen molar-refractivity contribution in [1.29, 1.82) is 0 Å². The monoisotopic (exact) mass is 421 g/mol. The number of amides is 1. The molecule has 0 unspecified atom stereocenters. The number of aromatic nitrogens is 4. The van der Waals surface area contributed by atoms with Gasteiger partial charge in [0, 0.05) is 19.6 Å². The molecule has 2 aromatic heterocycles. The summed E-state index contributed by atoms with van der Waals surface area (Å²) in [5.41, 5.74) is 1.04. The van der Waals surface area contributed by atoms with Crippen LogP contribution < -0.4 is 0 Å². The molecule has 0 aliphatic rings. The van der Waals surface area contributed by atoms with Crippen LogP contribution in [0.3, 0.4) is 0 Å². The van der Waals surface area contributed by atoms with E-state index in [2.05, 4.69) is 32.7 Å². The van der Waals surface area contributed by atoms with Gasteiger partial charge in [0.15, 0.2) is 9.50 Å². The van der Waals surface area contributed by atoms with Gasteiger partial charge in [0.05, 0.1) is 21.7 Å². The van der Waals surface area contributed by atoms with Gasteiger partial charge in [-0.2, -0.15) is 0 Å². The Hall–Kier alpha value is -1.58. The van der Waals surface area contributed by atoms with Crippen LogP contribution in [-0.2, 0) is 17.1 Å². The van der Waals surface area contributed by atoms with E-state index in [-0.39, 0.29) is 5.91 Å². The average Bonchev–Trinajstić information content (AvgIpc) is 3.28. The molecule has 3 aromatic rings. The normalized spacial score (nSPS) is 11.2.